The molecule has 7 heteroatoms. The number of pyridine rings is 1. The molecule has 0 atom stereocenters. The molecule has 26 heavy (non-hydrogen) atoms. The van der Waals surface area contributed by atoms with E-state index in [4.69, 9.17) is 9.47 Å². The van der Waals surface area contributed by atoms with E-state index in [1.54, 1.807) is 43.4 Å². The van der Waals surface area contributed by atoms with Crippen molar-refractivity contribution in [3.05, 3.63) is 65.6 Å². The van der Waals surface area contributed by atoms with Crippen LogP contribution in [0, 0.1) is 6.92 Å². The monoisotopic (exact) mass is 352 g/mol. The number of methoxy groups -OCH3 is 2. The second-order valence-electron chi connectivity index (χ2n) is 5.72. The fourth-order valence-electron chi connectivity index (χ4n) is 2.59. The number of aromatic nitrogens is 3. The molecule has 134 valence electrons. The third kappa shape index (κ3) is 3.66. The zero-order valence-corrected chi connectivity index (χ0v) is 14.9. The molecule has 3 rings (SSSR count). The second kappa shape index (κ2) is 7.69. The van der Waals surface area contributed by atoms with Crippen LogP contribution in [0.4, 0.5) is 5.82 Å². The Kier molecular flexibility index (Phi) is 5.17. The lowest BCUT2D eigenvalue weighted by Crippen LogP contribution is -2.17. The number of carbonyl (C=O) groups excluding carboxylic acids is 1. The number of ether oxygens (including phenoxy) is 2. The van der Waals surface area contributed by atoms with Crippen LogP contribution in [-0.2, 0) is 6.54 Å². The molecule has 0 aliphatic carbocycles. The Hall–Kier alpha value is -3.35. The van der Waals surface area contributed by atoms with Crippen LogP contribution in [0.25, 0.3) is 0 Å². The van der Waals surface area contributed by atoms with Gasteiger partial charge in [-0.1, -0.05) is 6.07 Å². The average molecular weight is 352 g/mol. The molecule has 0 radical (unpaired) electrons. The minimum absolute atomic E-state index is 0.227. The molecule has 0 aliphatic heterocycles. The van der Waals surface area contributed by atoms with Gasteiger partial charge in [0, 0.05) is 18.0 Å². The number of aryl methyl sites for hydroxylation is 1. The highest BCUT2D eigenvalue weighted by atomic mass is 16.5. The van der Waals surface area contributed by atoms with E-state index >= 15 is 0 Å². The van der Waals surface area contributed by atoms with Gasteiger partial charge in [-0.25, -0.2) is 4.68 Å². The normalized spacial score (nSPS) is 10.4. The zero-order valence-electron chi connectivity index (χ0n) is 14.9. The summed E-state index contributed by atoms with van der Waals surface area (Å²) in [5, 5.41) is 7.28. The van der Waals surface area contributed by atoms with Gasteiger partial charge in [-0.3, -0.25) is 9.78 Å². The van der Waals surface area contributed by atoms with Gasteiger partial charge in [0.25, 0.3) is 5.91 Å². The number of amides is 1. The second-order valence-corrected chi connectivity index (χ2v) is 5.72. The number of rotatable bonds is 6. The predicted molar refractivity (Wildman–Crippen MR) is 97.8 cm³/mol. The van der Waals surface area contributed by atoms with E-state index in [1.807, 2.05) is 25.1 Å². The summed E-state index contributed by atoms with van der Waals surface area (Å²) >= 11 is 0. The van der Waals surface area contributed by atoms with Crippen molar-refractivity contribution in [3.8, 4) is 11.5 Å². The van der Waals surface area contributed by atoms with Crippen molar-refractivity contribution >= 4 is 11.7 Å². The molecule has 1 amide bonds. The number of carbonyl (C=O) groups is 1. The van der Waals surface area contributed by atoms with Gasteiger partial charge in [0.15, 0.2) is 11.5 Å². The Balaban J connectivity index is 1.83. The summed E-state index contributed by atoms with van der Waals surface area (Å²) in [5.74, 6) is 1.73. The minimum atomic E-state index is -0.227. The highest BCUT2D eigenvalue weighted by Crippen LogP contribution is 2.28. The first kappa shape index (κ1) is 17.5. The number of anilines is 1. The van der Waals surface area contributed by atoms with E-state index in [1.165, 1.54) is 6.20 Å². The van der Waals surface area contributed by atoms with Crippen LogP contribution in [0.5, 0.6) is 11.5 Å². The molecule has 1 N–H and O–H groups in total. The first-order valence-electron chi connectivity index (χ1n) is 8.07. The molecule has 0 fully saturated rings. The van der Waals surface area contributed by atoms with E-state index in [0.717, 1.165) is 11.1 Å². The molecule has 0 saturated carbocycles. The van der Waals surface area contributed by atoms with Gasteiger partial charge in [0.2, 0.25) is 0 Å². The van der Waals surface area contributed by atoms with E-state index in [2.05, 4.69) is 15.4 Å². The van der Waals surface area contributed by atoms with Crippen molar-refractivity contribution in [2.24, 2.45) is 0 Å². The molecule has 0 saturated heterocycles. The smallest absolute Gasteiger partial charge is 0.258 e. The third-order valence-electron chi connectivity index (χ3n) is 3.96. The standard InChI is InChI=1S/C19H20N4O3/c1-13-10-21-23(12-14-6-7-16(25-2)17(9-14)26-3)18(13)22-19(24)15-5-4-8-20-11-15/h4-11H,12H2,1-3H3,(H,22,24). The topological polar surface area (TPSA) is 78.3 Å². The summed E-state index contributed by atoms with van der Waals surface area (Å²) < 4.78 is 12.3. The summed E-state index contributed by atoms with van der Waals surface area (Å²) in [4.78, 5) is 16.4. The van der Waals surface area contributed by atoms with Crippen molar-refractivity contribution in [2.45, 2.75) is 13.5 Å². The van der Waals surface area contributed by atoms with Gasteiger partial charge >= 0.3 is 0 Å². The molecule has 0 unspecified atom stereocenters. The van der Waals surface area contributed by atoms with Crippen molar-refractivity contribution < 1.29 is 14.3 Å². The largest absolute Gasteiger partial charge is 0.493 e. The summed E-state index contributed by atoms with van der Waals surface area (Å²) in [6, 6.07) is 9.11. The van der Waals surface area contributed by atoms with Crippen molar-refractivity contribution in [2.75, 3.05) is 19.5 Å². The van der Waals surface area contributed by atoms with Gasteiger partial charge in [-0.2, -0.15) is 5.10 Å². The van der Waals surface area contributed by atoms with Crippen molar-refractivity contribution in [3.63, 3.8) is 0 Å². The molecule has 7 nitrogen and oxygen atoms in total. The quantitative estimate of drug-likeness (QED) is 0.738. The lowest BCUT2D eigenvalue weighted by molar-refractivity contribution is 0.102. The molecule has 2 aromatic heterocycles. The zero-order chi connectivity index (χ0) is 18.5. The Bertz CT molecular complexity index is 906. The molecule has 0 spiro atoms. The van der Waals surface area contributed by atoms with Crippen LogP contribution in [-0.4, -0.2) is 34.9 Å². The number of nitrogens with one attached hydrogen (secondary N) is 1. The van der Waals surface area contributed by atoms with Gasteiger partial charge in [0.1, 0.15) is 5.82 Å². The van der Waals surface area contributed by atoms with Gasteiger partial charge < -0.3 is 14.8 Å². The fraction of sp³-hybridized carbons (Fsp3) is 0.211. The number of hydrogen-bond acceptors (Lipinski definition) is 5. The number of benzene rings is 1. The molecule has 3 aromatic rings. The number of nitrogens with zero attached hydrogens (tertiary/aromatic N) is 3. The van der Waals surface area contributed by atoms with E-state index in [0.29, 0.717) is 29.4 Å². The van der Waals surface area contributed by atoms with Crippen LogP contribution >= 0.6 is 0 Å². The van der Waals surface area contributed by atoms with Gasteiger partial charge in [-0.15, -0.1) is 0 Å². The van der Waals surface area contributed by atoms with Crippen LogP contribution in [0.2, 0.25) is 0 Å². The van der Waals surface area contributed by atoms with Crippen molar-refractivity contribution in [1.29, 1.82) is 0 Å². The van der Waals surface area contributed by atoms with Crippen LogP contribution in [0.3, 0.4) is 0 Å². The van der Waals surface area contributed by atoms with Crippen molar-refractivity contribution in [1.82, 2.24) is 14.8 Å². The molecular weight excluding hydrogens is 332 g/mol. The first-order valence-corrected chi connectivity index (χ1v) is 8.07. The average Bonchev–Trinajstić information content (AvgIpc) is 3.02. The lowest BCUT2D eigenvalue weighted by atomic mass is 10.2. The Labute approximate surface area is 151 Å². The van der Waals surface area contributed by atoms with Gasteiger partial charge in [-0.05, 0) is 36.8 Å². The molecular formula is C19H20N4O3. The Morgan fingerprint density at radius 2 is 1.96 bits per heavy atom. The highest BCUT2D eigenvalue weighted by Gasteiger charge is 2.14. The maximum atomic E-state index is 12.4. The van der Waals surface area contributed by atoms with Crippen LogP contribution in [0.15, 0.2) is 48.9 Å². The third-order valence-corrected chi connectivity index (χ3v) is 3.96. The SMILES string of the molecule is COc1ccc(Cn2ncc(C)c2NC(=O)c2cccnc2)cc1OC. The maximum Gasteiger partial charge on any atom is 0.258 e. The Morgan fingerprint density at radius 3 is 2.65 bits per heavy atom. The molecule has 0 bridgehead atoms. The molecule has 2 heterocycles. The highest BCUT2D eigenvalue weighted by molar-refractivity contribution is 6.03. The predicted octanol–water partition coefficient (Wildman–Crippen LogP) is 2.90. The summed E-state index contributed by atoms with van der Waals surface area (Å²) in [6.45, 7) is 2.38. The minimum Gasteiger partial charge on any atom is -0.493 e. The fourth-order valence-corrected chi connectivity index (χ4v) is 2.59. The van der Waals surface area contributed by atoms with Crippen LogP contribution in [0.1, 0.15) is 21.5 Å². The summed E-state index contributed by atoms with van der Waals surface area (Å²) in [6.07, 6.45) is 4.88. The first-order chi connectivity index (χ1) is 12.6. The van der Waals surface area contributed by atoms with Crippen LogP contribution < -0.4 is 14.8 Å². The molecule has 1 aromatic carbocycles. The van der Waals surface area contributed by atoms with E-state index in [9.17, 15) is 4.79 Å². The van der Waals surface area contributed by atoms with E-state index < -0.39 is 0 Å². The summed E-state index contributed by atoms with van der Waals surface area (Å²) in [7, 11) is 3.19. The van der Waals surface area contributed by atoms with Gasteiger partial charge in [0.05, 0.1) is 32.5 Å². The Morgan fingerprint density at radius 1 is 1.15 bits per heavy atom. The lowest BCUT2D eigenvalue weighted by Gasteiger charge is -2.12. The molecule has 0 aliphatic rings. The van der Waals surface area contributed by atoms with E-state index in [-0.39, 0.29) is 5.91 Å². The summed E-state index contributed by atoms with van der Waals surface area (Å²) in [5.41, 5.74) is 2.34. The maximum absolute atomic E-state index is 12.4. The number of hydrogen-bond donors (Lipinski definition) is 1.